The van der Waals surface area contributed by atoms with Crippen molar-refractivity contribution in [2.45, 2.75) is 50.1 Å². The molecule has 2 atom stereocenters. The van der Waals surface area contributed by atoms with E-state index in [0.29, 0.717) is 5.16 Å². The van der Waals surface area contributed by atoms with E-state index in [9.17, 15) is 4.79 Å². The summed E-state index contributed by atoms with van der Waals surface area (Å²) in [4.78, 5) is 13.0. The first-order valence-corrected chi connectivity index (χ1v) is 8.23. The molecule has 2 aliphatic heterocycles. The van der Waals surface area contributed by atoms with E-state index >= 15 is 0 Å². The summed E-state index contributed by atoms with van der Waals surface area (Å²) in [6, 6.07) is 0.187. The molecule has 2 saturated heterocycles. The summed E-state index contributed by atoms with van der Waals surface area (Å²) in [5.74, 6) is -0.0125. The van der Waals surface area contributed by atoms with Gasteiger partial charge in [-0.3, -0.25) is 9.36 Å². The minimum absolute atomic E-state index is 0.000779. The number of carbonyl (C=O) groups is 1. The van der Waals surface area contributed by atoms with Crippen LogP contribution >= 0.6 is 11.8 Å². The Morgan fingerprint density at radius 2 is 2.05 bits per heavy atom. The SMILES string of the molecule is CC(C)n1c(SCC(=O)O)nnc1N1CC2CCC(C1)O2. The molecule has 21 heavy (non-hydrogen) atoms. The molecule has 2 unspecified atom stereocenters. The molecule has 0 spiro atoms. The second kappa shape index (κ2) is 5.84. The fraction of sp³-hybridized carbons (Fsp3) is 0.769. The van der Waals surface area contributed by atoms with Gasteiger partial charge in [-0.15, -0.1) is 10.2 Å². The van der Waals surface area contributed by atoms with Crippen molar-refractivity contribution < 1.29 is 14.6 Å². The highest BCUT2D eigenvalue weighted by Crippen LogP contribution is 2.32. The van der Waals surface area contributed by atoms with Gasteiger partial charge in [-0.1, -0.05) is 11.8 Å². The van der Waals surface area contributed by atoms with Crippen LogP contribution in [0.15, 0.2) is 5.16 Å². The number of ether oxygens (including phenoxy) is 1. The quantitative estimate of drug-likeness (QED) is 0.823. The lowest BCUT2D eigenvalue weighted by Crippen LogP contribution is -2.44. The van der Waals surface area contributed by atoms with Crippen LogP contribution in [0.2, 0.25) is 0 Å². The summed E-state index contributed by atoms with van der Waals surface area (Å²) >= 11 is 1.22. The first kappa shape index (κ1) is 14.6. The van der Waals surface area contributed by atoms with Crippen LogP contribution in [0.5, 0.6) is 0 Å². The molecule has 8 heteroatoms. The molecule has 2 aliphatic rings. The number of thioether (sulfide) groups is 1. The summed E-state index contributed by atoms with van der Waals surface area (Å²) in [6.07, 6.45) is 2.79. The van der Waals surface area contributed by atoms with Gasteiger partial charge in [0, 0.05) is 19.1 Å². The molecule has 0 saturated carbocycles. The Morgan fingerprint density at radius 1 is 1.38 bits per heavy atom. The summed E-state index contributed by atoms with van der Waals surface area (Å²) in [5, 5.41) is 18.0. The van der Waals surface area contributed by atoms with Crippen LogP contribution in [-0.2, 0) is 9.53 Å². The van der Waals surface area contributed by atoms with E-state index in [4.69, 9.17) is 9.84 Å². The molecule has 0 aromatic carbocycles. The molecule has 1 aromatic heterocycles. The van der Waals surface area contributed by atoms with Crippen LogP contribution in [0.25, 0.3) is 0 Å². The first-order valence-electron chi connectivity index (χ1n) is 7.24. The third-order valence-corrected chi connectivity index (χ3v) is 4.74. The van der Waals surface area contributed by atoms with Crippen LogP contribution in [0, 0.1) is 0 Å². The van der Waals surface area contributed by atoms with E-state index < -0.39 is 5.97 Å². The zero-order chi connectivity index (χ0) is 15.0. The average molecular weight is 312 g/mol. The largest absolute Gasteiger partial charge is 0.481 e. The fourth-order valence-corrected chi connectivity index (χ4v) is 3.72. The van der Waals surface area contributed by atoms with Crippen molar-refractivity contribution >= 4 is 23.7 Å². The van der Waals surface area contributed by atoms with E-state index in [1.165, 1.54) is 11.8 Å². The van der Waals surface area contributed by atoms with Crippen LogP contribution in [0.3, 0.4) is 0 Å². The predicted molar refractivity (Wildman–Crippen MR) is 78.9 cm³/mol. The van der Waals surface area contributed by atoms with Gasteiger partial charge in [-0.2, -0.15) is 0 Å². The number of hydrogen-bond acceptors (Lipinski definition) is 6. The minimum Gasteiger partial charge on any atom is -0.481 e. The van der Waals surface area contributed by atoms with E-state index in [2.05, 4.69) is 28.9 Å². The van der Waals surface area contributed by atoms with Gasteiger partial charge in [-0.05, 0) is 26.7 Å². The monoisotopic (exact) mass is 312 g/mol. The van der Waals surface area contributed by atoms with Gasteiger partial charge in [0.15, 0.2) is 5.16 Å². The molecule has 3 rings (SSSR count). The molecule has 1 N–H and O–H groups in total. The number of hydrogen-bond donors (Lipinski definition) is 1. The lowest BCUT2D eigenvalue weighted by atomic mass is 10.2. The number of fused-ring (bicyclic) bond motifs is 2. The van der Waals surface area contributed by atoms with Crippen LogP contribution in [-0.4, -0.2) is 56.9 Å². The lowest BCUT2D eigenvalue weighted by molar-refractivity contribution is -0.133. The van der Waals surface area contributed by atoms with Crippen molar-refractivity contribution in [3.63, 3.8) is 0 Å². The lowest BCUT2D eigenvalue weighted by Gasteiger charge is -2.33. The molecule has 7 nitrogen and oxygen atoms in total. The van der Waals surface area contributed by atoms with Crippen LogP contribution < -0.4 is 4.90 Å². The van der Waals surface area contributed by atoms with Crippen molar-refractivity contribution in [1.82, 2.24) is 14.8 Å². The average Bonchev–Trinajstić information content (AvgIpc) is 3.00. The smallest absolute Gasteiger partial charge is 0.313 e. The first-order chi connectivity index (χ1) is 10.0. The van der Waals surface area contributed by atoms with Crippen molar-refractivity contribution in [3.8, 4) is 0 Å². The van der Waals surface area contributed by atoms with Crippen LogP contribution in [0.1, 0.15) is 32.7 Å². The topological polar surface area (TPSA) is 80.5 Å². The van der Waals surface area contributed by atoms with Crippen molar-refractivity contribution in [3.05, 3.63) is 0 Å². The number of anilines is 1. The van der Waals surface area contributed by atoms with E-state index in [1.54, 1.807) is 0 Å². The Kier molecular flexibility index (Phi) is 4.08. The highest BCUT2D eigenvalue weighted by molar-refractivity contribution is 7.99. The summed E-state index contributed by atoms with van der Waals surface area (Å²) < 4.78 is 7.88. The maximum Gasteiger partial charge on any atom is 0.313 e. The number of nitrogens with zero attached hydrogens (tertiary/aromatic N) is 4. The number of aliphatic carboxylic acids is 1. The van der Waals surface area contributed by atoms with Crippen molar-refractivity contribution in [2.75, 3.05) is 23.7 Å². The molecule has 0 aliphatic carbocycles. The summed E-state index contributed by atoms with van der Waals surface area (Å²) in [7, 11) is 0. The molecule has 0 radical (unpaired) electrons. The third kappa shape index (κ3) is 3.01. The fourth-order valence-electron chi connectivity index (χ4n) is 2.94. The highest BCUT2D eigenvalue weighted by atomic mass is 32.2. The van der Waals surface area contributed by atoms with E-state index in [0.717, 1.165) is 31.9 Å². The van der Waals surface area contributed by atoms with Gasteiger partial charge in [-0.25, -0.2) is 0 Å². The maximum atomic E-state index is 10.8. The molecule has 1 aromatic rings. The van der Waals surface area contributed by atoms with Gasteiger partial charge in [0.05, 0.1) is 18.0 Å². The zero-order valence-electron chi connectivity index (χ0n) is 12.2. The maximum absolute atomic E-state index is 10.8. The van der Waals surface area contributed by atoms with E-state index in [1.807, 2.05) is 4.57 Å². The number of rotatable bonds is 5. The summed E-state index contributed by atoms with van der Waals surface area (Å²) in [5.41, 5.74) is 0. The second-order valence-electron chi connectivity index (χ2n) is 5.79. The predicted octanol–water partition coefficient (Wildman–Crippen LogP) is 1.40. The molecular weight excluding hydrogens is 292 g/mol. The minimum atomic E-state index is -0.843. The molecular formula is C13H20N4O3S. The van der Waals surface area contributed by atoms with Gasteiger partial charge < -0.3 is 14.7 Å². The van der Waals surface area contributed by atoms with Crippen LogP contribution in [0.4, 0.5) is 5.95 Å². The number of morpholine rings is 1. The Hall–Kier alpha value is -1.28. The van der Waals surface area contributed by atoms with Gasteiger partial charge in [0.1, 0.15) is 0 Å². The Morgan fingerprint density at radius 3 is 2.62 bits per heavy atom. The Labute approximate surface area is 127 Å². The normalized spacial score (nSPS) is 24.8. The zero-order valence-corrected chi connectivity index (χ0v) is 13.0. The van der Waals surface area contributed by atoms with Gasteiger partial charge in [0.2, 0.25) is 5.95 Å². The summed E-state index contributed by atoms with van der Waals surface area (Å²) in [6.45, 7) is 5.80. The molecule has 2 fully saturated rings. The number of carboxylic acid groups (broad SMARTS) is 1. The Balaban J connectivity index is 1.82. The second-order valence-corrected chi connectivity index (χ2v) is 6.73. The Bertz CT molecular complexity index is 521. The van der Waals surface area contributed by atoms with E-state index in [-0.39, 0.29) is 24.0 Å². The van der Waals surface area contributed by atoms with Crippen molar-refractivity contribution in [1.29, 1.82) is 0 Å². The number of aromatic nitrogens is 3. The molecule has 0 amide bonds. The standard InChI is InChI=1S/C13H20N4O3S/c1-8(2)17-12(14-15-13(17)21-7-11(18)19)16-5-9-3-4-10(6-16)20-9/h8-10H,3-7H2,1-2H3,(H,18,19). The molecule has 2 bridgehead atoms. The van der Waals surface area contributed by atoms with Crippen molar-refractivity contribution in [2.24, 2.45) is 0 Å². The molecule has 116 valence electrons. The third-order valence-electron chi connectivity index (χ3n) is 3.81. The molecule has 3 heterocycles. The highest BCUT2D eigenvalue weighted by Gasteiger charge is 2.36. The number of carboxylic acids is 1. The van der Waals surface area contributed by atoms with Gasteiger partial charge >= 0.3 is 5.97 Å². The van der Waals surface area contributed by atoms with Gasteiger partial charge in [0.25, 0.3) is 0 Å².